The zero-order valence-electron chi connectivity index (χ0n) is 14.7. The average Bonchev–Trinajstić information content (AvgIpc) is 3.16. The van der Waals surface area contributed by atoms with Gasteiger partial charge in [0.2, 0.25) is 11.8 Å². The Kier molecular flexibility index (Phi) is 4.87. The molecule has 3 heterocycles. The lowest BCUT2D eigenvalue weighted by atomic mass is 9.95. The fraction of sp³-hybridized carbons (Fsp3) is 0.529. The number of furan rings is 1. The topological polar surface area (TPSA) is 101 Å². The van der Waals surface area contributed by atoms with Crippen molar-refractivity contribution in [1.29, 1.82) is 0 Å². The largest absolute Gasteiger partial charge is 0.466 e. The third-order valence-electron chi connectivity index (χ3n) is 4.41. The number of hydrogen-bond donors (Lipinski definition) is 1. The van der Waals surface area contributed by atoms with Gasteiger partial charge in [-0.15, -0.1) is 0 Å². The van der Waals surface area contributed by atoms with E-state index in [1.165, 1.54) is 0 Å². The van der Waals surface area contributed by atoms with E-state index in [4.69, 9.17) is 8.94 Å². The Bertz CT molecular complexity index is 771. The minimum atomic E-state index is -0.111. The second-order valence-electron chi connectivity index (χ2n) is 6.35. The van der Waals surface area contributed by atoms with Gasteiger partial charge in [-0.2, -0.15) is 4.98 Å². The summed E-state index contributed by atoms with van der Waals surface area (Å²) in [6.45, 7) is 6.68. The van der Waals surface area contributed by atoms with Crippen LogP contribution in [0.3, 0.4) is 0 Å². The molecule has 1 aliphatic rings. The molecule has 0 unspecified atom stereocenters. The summed E-state index contributed by atoms with van der Waals surface area (Å²) in [5.41, 5.74) is 0.604. The molecule has 3 rings (SSSR count). The molecule has 8 heteroatoms. The molecule has 1 saturated heterocycles. The van der Waals surface area contributed by atoms with Crippen molar-refractivity contribution in [1.82, 2.24) is 20.4 Å². The van der Waals surface area contributed by atoms with Crippen molar-refractivity contribution in [3.05, 3.63) is 34.9 Å². The maximum absolute atomic E-state index is 12.6. The van der Waals surface area contributed by atoms with Gasteiger partial charge in [0, 0.05) is 19.0 Å². The number of amides is 2. The zero-order chi connectivity index (χ0) is 18.0. The van der Waals surface area contributed by atoms with E-state index in [2.05, 4.69) is 15.5 Å². The number of aromatic nitrogens is 2. The molecule has 1 N–H and O–H groups in total. The third-order valence-corrected chi connectivity index (χ3v) is 4.41. The first-order valence-corrected chi connectivity index (χ1v) is 8.37. The summed E-state index contributed by atoms with van der Waals surface area (Å²) < 4.78 is 10.4. The molecule has 2 amide bonds. The Morgan fingerprint density at radius 1 is 1.28 bits per heavy atom. The maximum Gasteiger partial charge on any atom is 0.257 e. The summed E-state index contributed by atoms with van der Waals surface area (Å²) >= 11 is 0. The number of carbonyl (C=O) groups is 2. The van der Waals surface area contributed by atoms with E-state index >= 15 is 0 Å². The van der Waals surface area contributed by atoms with Crippen molar-refractivity contribution >= 4 is 11.8 Å². The highest BCUT2D eigenvalue weighted by Crippen LogP contribution is 2.22. The van der Waals surface area contributed by atoms with Gasteiger partial charge in [-0.25, -0.2) is 0 Å². The van der Waals surface area contributed by atoms with Crippen LogP contribution in [-0.2, 0) is 11.3 Å². The van der Waals surface area contributed by atoms with Gasteiger partial charge in [-0.3, -0.25) is 9.59 Å². The summed E-state index contributed by atoms with van der Waals surface area (Å²) in [5.74, 6) is 2.11. The standard InChI is InChI=1S/C17H22N4O4/c1-10-8-14(11(2)24-10)17(23)21-6-4-13(5-7-21)16(22)18-9-15-19-12(3)20-25-15/h8,13H,4-7,9H2,1-3H3,(H,18,22). The van der Waals surface area contributed by atoms with Gasteiger partial charge in [0.05, 0.1) is 12.1 Å². The van der Waals surface area contributed by atoms with Crippen LogP contribution in [0.25, 0.3) is 0 Å². The molecule has 0 saturated carbocycles. The minimum Gasteiger partial charge on any atom is -0.466 e. The molecular weight excluding hydrogens is 324 g/mol. The Hall–Kier alpha value is -2.64. The number of carbonyl (C=O) groups excluding carboxylic acids is 2. The van der Waals surface area contributed by atoms with Crippen LogP contribution in [0.2, 0.25) is 0 Å². The second kappa shape index (κ2) is 7.08. The molecule has 0 aliphatic carbocycles. The van der Waals surface area contributed by atoms with Crippen LogP contribution < -0.4 is 5.32 Å². The van der Waals surface area contributed by atoms with Gasteiger partial charge in [-0.05, 0) is 39.7 Å². The van der Waals surface area contributed by atoms with Crippen molar-refractivity contribution < 1.29 is 18.5 Å². The second-order valence-corrected chi connectivity index (χ2v) is 6.35. The van der Waals surface area contributed by atoms with Crippen molar-refractivity contribution in [3.63, 3.8) is 0 Å². The highest BCUT2D eigenvalue weighted by Gasteiger charge is 2.29. The molecule has 0 aromatic carbocycles. The molecule has 0 spiro atoms. The average molecular weight is 346 g/mol. The molecule has 8 nitrogen and oxygen atoms in total. The molecule has 25 heavy (non-hydrogen) atoms. The first kappa shape index (κ1) is 17.2. The zero-order valence-corrected chi connectivity index (χ0v) is 14.7. The fourth-order valence-electron chi connectivity index (χ4n) is 3.08. The number of hydrogen-bond acceptors (Lipinski definition) is 6. The van der Waals surface area contributed by atoms with Crippen molar-refractivity contribution in [2.45, 2.75) is 40.2 Å². The van der Waals surface area contributed by atoms with Gasteiger partial charge in [0.15, 0.2) is 5.82 Å². The van der Waals surface area contributed by atoms with E-state index in [9.17, 15) is 9.59 Å². The lowest BCUT2D eigenvalue weighted by molar-refractivity contribution is -0.126. The predicted octanol–water partition coefficient (Wildman–Crippen LogP) is 1.76. The Morgan fingerprint density at radius 2 is 2.00 bits per heavy atom. The van der Waals surface area contributed by atoms with Gasteiger partial charge in [0.25, 0.3) is 5.91 Å². The van der Waals surface area contributed by atoms with Crippen molar-refractivity contribution in [3.8, 4) is 0 Å². The lowest BCUT2D eigenvalue weighted by Crippen LogP contribution is -2.43. The van der Waals surface area contributed by atoms with E-state index in [1.807, 2.05) is 6.92 Å². The highest BCUT2D eigenvalue weighted by atomic mass is 16.5. The minimum absolute atomic E-state index is 0.0328. The first-order chi connectivity index (χ1) is 11.9. The smallest absolute Gasteiger partial charge is 0.257 e. The van der Waals surface area contributed by atoms with Crippen LogP contribution in [0.1, 0.15) is 46.4 Å². The molecule has 0 radical (unpaired) electrons. The van der Waals surface area contributed by atoms with Crippen LogP contribution in [0.4, 0.5) is 0 Å². The molecule has 2 aromatic heterocycles. The lowest BCUT2D eigenvalue weighted by Gasteiger charge is -2.31. The third kappa shape index (κ3) is 3.89. The van der Waals surface area contributed by atoms with Crippen molar-refractivity contribution in [2.24, 2.45) is 5.92 Å². The monoisotopic (exact) mass is 346 g/mol. The summed E-state index contributed by atoms with van der Waals surface area (Å²) in [7, 11) is 0. The maximum atomic E-state index is 12.6. The molecule has 134 valence electrons. The Balaban J connectivity index is 1.50. The summed E-state index contributed by atoms with van der Waals surface area (Å²) in [4.78, 5) is 30.7. The highest BCUT2D eigenvalue weighted by molar-refractivity contribution is 5.95. The Labute approximate surface area is 145 Å². The number of piperidine rings is 1. The molecule has 1 fully saturated rings. The molecule has 1 aliphatic heterocycles. The number of aryl methyl sites for hydroxylation is 3. The fourth-order valence-corrected chi connectivity index (χ4v) is 3.08. The van der Waals surface area contributed by atoms with Gasteiger partial charge in [-0.1, -0.05) is 5.16 Å². The van der Waals surface area contributed by atoms with E-state index in [0.29, 0.717) is 49.0 Å². The quantitative estimate of drug-likeness (QED) is 0.905. The number of nitrogens with zero attached hydrogens (tertiary/aromatic N) is 3. The van der Waals surface area contributed by atoms with Gasteiger partial charge >= 0.3 is 0 Å². The van der Waals surface area contributed by atoms with Crippen LogP contribution in [0.5, 0.6) is 0 Å². The summed E-state index contributed by atoms with van der Waals surface area (Å²) in [5, 5.41) is 6.50. The van der Waals surface area contributed by atoms with E-state index in [1.54, 1.807) is 24.8 Å². The molecule has 0 bridgehead atoms. The van der Waals surface area contributed by atoms with Crippen molar-refractivity contribution in [2.75, 3.05) is 13.1 Å². The Morgan fingerprint density at radius 3 is 2.56 bits per heavy atom. The predicted molar refractivity (Wildman–Crippen MR) is 87.7 cm³/mol. The van der Waals surface area contributed by atoms with Gasteiger partial charge in [0.1, 0.15) is 11.5 Å². The SMILES string of the molecule is Cc1noc(CNC(=O)C2CCN(C(=O)c3cc(C)oc3C)CC2)n1. The van der Waals surface area contributed by atoms with E-state index in [0.717, 1.165) is 5.76 Å². The van der Waals surface area contributed by atoms with Gasteiger partial charge < -0.3 is 19.2 Å². The molecule has 2 aromatic rings. The normalized spacial score (nSPS) is 15.4. The van der Waals surface area contributed by atoms with Crippen LogP contribution in [0, 0.1) is 26.7 Å². The van der Waals surface area contributed by atoms with Crippen LogP contribution in [0.15, 0.2) is 15.0 Å². The molecule has 0 atom stereocenters. The summed E-state index contributed by atoms with van der Waals surface area (Å²) in [6, 6.07) is 1.77. The first-order valence-electron chi connectivity index (χ1n) is 8.37. The number of rotatable bonds is 4. The van der Waals surface area contributed by atoms with Crippen LogP contribution in [-0.4, -0.2) is 39.9 Å². The van der Waals surface area contributed by atoms with Crippen LogP contribution >= 0.6 is 0 Å². The van der Waals surface area contributed by atoms with E-state index in [-0.39, 0.29) is 24.3 Å². The van der Waals surface area contributed by atoms with E-state index < -0.39 is 0 Å². The molecular formula is C17H22N4O4. The number of likely N-dealkylation sites (tertiary alicyclic amines) is 1. The number of nitrogens with one attached hydrogen (secondary N) is 1. The summed E-state index contributed by atoms with van der Waals surface area (Å²) in [6.07, 6.45) is 1.27.